The quantitative estimate of drug-likeness (QED) is 0.861. The molecule has 0 radical (unpaired) electrons. The molecular formula is C12H18FNO3S. The van der Waals surface area contributed by atoms with Gasteiger partial charge in [0, 0.05) is 5.92 Å². The van der Waals surface area contributed by atoms with Crippen molar-refractivity contribution in [3.05, 3.63) is 29.6 Å². The Morgan fingerprint density at radius 3 is 2.67 bits per heavy atom. The lowest BCUT2D eigenvalue weighted by Crippen LogP contribution is -2.26. The summed E-state index contributed by atoms with van der Waals surface area (Å²) in [5.41, 5.74) is 0.880. The summed E-state index contributed by atoms with van der Waals surface area (Å²) in [6, 6.07) is 4.55. The van der Waals surface area contributed by atoms with Gasteiger partial charge < -0.3 is 4.74 Å². The second-order valence-electron chi connectivity index (χ2n) is 4.35. The van der Waals surface area contributed by atoms with Crippen LogP contribution < -0.4 is 9.88 Å². The monoisotopic (exact) mass is 275 g/mol. The number of hydrogen-bond donors (Lipinski definition) is 1. The highest BCUT2D eigenvalue weighted by Crippen LogP contribution is 2.19. The number of primary sulfonamides is 1. The van der Waals surface area contributed by atoms with E-state index < -0.39 is 15.8 Å². The Labute approximate surface area is 107 Å². The summed E-state index contributed by atoms with van der Waals surface area (Å²) in [5.74, 6) is -0.703. The van der Waals surface area contributed by atoms with Crippen molar-refractivity contribution in [2.24, 2.45) is 11.1 Å². The molecule has 0 heterocycles. The van der Waals surface area contributed by atoms with Crippen molar-refractivity contribution < 1.29 is 17.5 Å². The molecule has 0 aliphatic rings. The van der Waals surface area contributed by atoms with Crippen LogP contribution in [0, 0.1) is 18.7 Å². The highest BCUT2D eigenvalue weighted by atomic mass is 32.2. The van der Waals surface area contributed by atoms with Crippen LogP contribution in [0.2, 0.25) is 0 Å². The zero-order chi connectivity index (χ0) is 13.8. The predicted octanol–water partition coefficient (Wildman–Crippen LogP) is 1.83. The Hall–Kier alpha value is -1.14. The van der Waals surface area contributed by atoms with Crippen molar-refractivity contribution in [3.63, 3.8) is 0 Å². The summed E-state index contributed by atoms with van der Waals surface area (Å²) in [4.78, 5) is 0. The first kappa shape index (κ1) is 14.9. The summed E-state index contributed by atoms with van der Waals surface area (Å²) < 4.78 is 40.7. The number of halogens is 1. The van der Waals surface area contributed by atoms with E-state index in [1.807, 2.05) is 13.8 Å². The standard InChI is InChI=1S/C12H18FNO3S/c1-3-10(8-18(14,15)16)7-17-12-6-9(2)4-5-11(12)13/h4-6,10H,3,7-8H2,1-2H3,(H2,14,15,16). The molecule has 1 unspecified atom stereocenters. The maximum absolute atomic E-state index is 13.4. The number of benzene rings is 1. The summed E-state index contributed by atoms with van der Waals surface area (Å²) in [7, 11) is -3.53. The second-order valence-corrected chi connectivity index (χ2v) is 6.01. The molecule has 1 rings (SSSR count). The van der Waals surface area contributed by atoms with Gasteiger partial charge in [-0.2, -0.15) is 0 Å². The minimum absolute atomic E-state index is 0.132. The van der Waals surface area contributed by atoms with Crippen molar-refractivity contribution in [1.82, 2.24) is 0 Å². The lowest BCUT2D eigenvalue weighted by Gasteiger charge is -2.15. The Bertz CT molecular complexity index is 502. The highest BCUT2D eigenvalue weighted by Gasteiger charge is 2.15. The molecule has 2 N–H and O–H groups in total. The van der Waals surface area contributed by atoms with Gasteiger partial charge in [-0.15, -0.1) is 0 Å². The van der Waals surface area contributed by atoms with Gasteiger partial charge in [-0.1, -0.05) is 13.0 Å². The molecule has 6 heteroatoms. The molecular weight excluding hydrogens is 257 g/mol. The van der Waals surface area contributed by atoms with Crippen LogP contribution in [0.5, 0.6) is 5.75 Å². The van der Waals surface area contributed by atoms with Crippen LogP contribution in [0.4, 0.5) is 4.39 Å². The molecule has 0 saturated carbocycles. The zero-order valence-electron chi connectivity index (χ0n) is 10.5. The third-order valence-corrected chi connectivity index (χ3v) is 3.54. The van der Waals surface area contributed by atoms with Gasteiger partial charge in [-0.25, -0.2) is 17.9 Å². The minimum Gasteiger partial charge on any atom is -0.490 e. The van der Waals surface area contributed by atoms with Gasteiger partial charge in [0.15, 0.2) is 11.6 Å². The van der Waals surface area contributed by atoms with Gasteiger partial charge >= 0.3 is 0 Å². The molecule has 0 saturated heterocycles. The van der Waals surface area contributed by atoms with Crippen molar-refractivity contribution in [1.29, 1.82) is 0 Å². The molecule has 0 aromatic heterocycles. The molecule has 1 aromatic rings. The van der Waals surface area contributed by atoms with E-state index in [1.54, 1.807) is 12.1 Å². The molecule has 0 fully saturated rings. The van der Waals surface area contributed by atoms with Gasteiger partial charge in [-0.3, -0.25) is 0 Å². The van der Waals surface area contributed by atoms with Crippen LogP contribution in [0.3, 0.4) is 0 Å². The van der Waals surface area contributed by atoms with Crippen LogP contribution in [-0.4, -0.2) is 20.8 Å². The Morgan fingerprint density at radius 2 is 2.11 bits per heavy atom. The summed E-state index contributed by atoms with van der Waals surface area (Å²) >= 11 is 0. The number of ether oxygens (including phenoxy) is 1. The topological polar surface area (TPSA) is 69.4 Å². The largest absolute Gasteiger partial charge is 0.490 e. The molecule has 0 amide bonds. The summed E-state index contributed by atoms with van der Waals surface area (Å²) in [6.07, 6.45) is 0.601. The van der Waals surface area contributed by atoms with Crippen molar-refractivity contribution in [2.75, 3.05) is 12.4 Å². The van der Waals surface area contributed by atoms with Crippen LogP contribution in [-0.2, 0) is 10.0 Å². The number of aryl methyl sites for hydroxylation is 1. The number of hydrogen-bond acceptors (Lipinski definition) is 3. The van der Waals surface area contributed by atoms with Gasteiger partial charge in [-0.05, 0) is 31.0 Å². The van der Waals surface area contributed by atoms with Crippen molar-refractivity contribution in [2.45, 2.75) is 20.3 Å². The van der Waals surface area contributed by atoms with Crippen LogP contribution in [0.1, 0.15) is 18.9 Å². The van der Waals surface area contributed by atoms with E-state index in [1.165, 1.54) is 6.07 Å². The average Bonchev–Trinajstić information content (AvgIpc) is 2.27. The maximum atomic E-state index is 13.4. The lowest BCUT2D eigenvalue weighted by molar-refractivity contribution is 0.247. The van der Waals surface area contributed by atoms with Gasteiger partial charge in [0.1, 0.15) is 0 Å². The third-order valence-electron chi connectivity index (χ3n) is 2.61. The molecule has 1 atom stereocenters. The lowest BCUT2D eigenvalue weighted by atomic mass is 10.1. The molecule has 1 aromatic carbocycles. The van der Waals surface area contributed by atoms with Crippen LogP contribution in [0.15, 0.2) is 18.2 Å². The Balaban J connectivity index is 2.65. The average molecular weight is 275 g/mol. The van der Waals surface area contributed by atoms with E-state index in [0.29, 0.717) is 6.42 Å². The highest BCUT2D eigenvalue weighted by molar-refractivity contribution is 7.89. The van der Waals surface area contributed by atoms with Gasteiger partial charge in [0.05, 0.1) is 12.4 Å². The van der Waals surface area contributed by atoms with Gasteiger partial charge in [0.2, 0.25) is 10.0 Å². The molecule has 18 heavy (non-hydrogen) atoms. The Kier molecular flexibility index (Phi) is 5.10. The fourth-order valence-electron chi connectivity index (χ4n) is 1.54. The first-order valence-electron chi connectivity index (χ1n) is 5.71. The van der Waals surface area contributed by atoms with Crippen LogP contribution in [0.25, 0.3) is 0 Å². The van der Waals surface area contributed by atoms with E-state index in [2.05, 4.69) is 0 Å². The van der Waals surface area contributed by atoms with E-state index >= 15 is 0 Å². The molecule has 4 nitrogen and oxygen atoms in total. The van der Waals surface area contributed by atoms with E-state index in [-0.39, 0.29) is 24.0 Å². The summed E-state index contributed by atoms with van der Waals surface area (Å²) in [6.45, 7) is 3.80. The Morgan fingerprint density at radius 1 is 1.44 bits per heavy atom. The fourth-order valence-corrected chi connectivity index (χ4v) is 2.53. The predicted molar refractivity (Wildman–Crippen MR) is 68.4 cm³/mol. The van der Waals surface area contributed by atoms with Crippen LogP contribution >= 0.6 is 0 Å². The number of nitrogens with two attached hydrogens (primary N) is 1. The molecule has 0 aliphatic carbocycles. The normalized spacial score (nSPS) is 13.3. The maximum Gasteiger partial charge on any atom is 0.209 e. The zero-order valence-corrected chi connectivity index (χ0v) is 11.3. The second kappa shape index (κ2) is 6.15. The smallest absolute Gasteiger partial charge is 0.209 e. The first-order chi connectivity index (χ1) is 8.31. The molecule has 102 valence electrons. The van der Waals surface area contributed by atoms with Crippen molar-refractivity contribution in [3.8, 4) is 5.75 Å². The molecule has 0 spiro atoms. The SMILES string of the molecule is CCC(COc1cc(C)ccc1F)CS(N)(=O)=O. The minimum atomic E-state index is -3.53. The molecule has 0 bridgehead atoms. The fraction of sp³-hybridized carbons (Fsp3) is 0.500. The molecule has 0 aliphatic heterocycles. The number of sulfonamides is 1. The summed E-state index contributed by atoms with van der Waals surface area (Å²) in [5, 5.41) is 4.98. The number of rotatable bonds is 6. The van der Waals surface area contributed by atoms with Gasteiger partial charge in [0.25, 0.3) is 0 Å². The van der Waals surface area contributed by atoms with Crippen molar-refractivity contribution >= 4 is 10.0 Å². The first-order valence-corrected chi connectivity index (χ1v) is 7.42. The van der Waals surface area contributed by atoms with E-state index in [9.17, 15) is 12.8 Å². The van der Waals surface area contributed by atoms with E-state index in [4.69, 9.17) is 9.88 Å². The third kappa shape index (κ3) is 5.01. The van der Waals surface area contributed by atoms with E-state index in [0.717, 1.165) is 5.56 Å².